The molecule has 0 aromatic heterocycles. The molecule has 0 saturated heterocycles. The van der Waals surface area contributed by atoms with Gasteiger partial charge in [-0.1, -0.05) is 18.6 Å². The van der Waals surface area contributed by atoms with Gasteiger partial charge in [-0.3, -0.25) is 0 Å². The highest BCUT2D eigenvalue weighted by Crippen LogP contribution is 2.33. The zero-order valence-corrected chi connectivity index (χ0v) is 11.0. The summed E-state index contributed by atoms with van der Waals surface area (Å²) >= 11 is 4.74. The lowest BCUT2D eigenvalue weighted by atomic mass is 9.95. The Balaban J connectivity index is 2.89. The van der Waals surface area contributed by atoms with Crippen LogP contribution in [0, 0.1) is 5.92 Å². The van der Waals surface area contributed by atoms with Gasteiger partial charge in [0.25, 0.3) is 0 Å². The molecule has 1 aliphatic rings. The summed E-state index contributed by atoms with van der Waals surface area (Å²) in [6.07, 6.45) is 9.43. The van der Waals surface area contributed by atoms with Crippen LogP contribution in [0.25, 0.3) is 0 Å². The molecule has 0 amide bonds. The van der Waals surface area contributed by atoms with E-state index in [1.165, 1.54) is 36.2 Å². The van der Waals surface area contributed by atoms with Crippen molar-refractivity contribution < 1.29 is 0 Å². The molecule has 0 bridgehead atoms. The summed E-state index contributed by atoms with van der Waals surface area (Å²) in [5.41, 5.74) is 1.44. The zero-order valence-electron chi connectivity index (χ0n) is 10.1. The maximum absolute atomic E-state index is 4.74. The van der Waals surface area contributed by atoms with E-state index in [1.807, 2.05) is 7.05 Å². The first-order chi connectivity index (χ1) is 7.20. The average Bonchev–Trinajstić information content (AvgIpc) is 2.42. The van der Waals surface area contributed by atoms with Crippen LogP contribution in [0.1, 0.15) is 39.5 Å². The van der Waals surface area contributed by atoms with E-state index in [2.05, 4.69) is 31.3 Å². The largest absolute Gasteiger partial charge is 0.317 e. The van der Waals surface area contributed by atoms with Crippen molar-refractivity contribution in [2.75, 3.05) is 7.05 Å². The molecule has 0 aromatic carbocycles. The third-order valence-electron chi connectivity index (χ3n) is 3.32. The summed E-state index contributed by atoms with van der Waals surface area (Å²) < 4.78 is 0. The Labute approximate surface area is 99.4 Å². The lowest BCUT2D eigenvalue weighted by Gasteiger charge is -2.23. The smallest absolute Gasteiger partial charge is 0.0109 e. The van der Waals surface area contributed by atoms with Crippen molar-refractivity contribution in [2.24, 2.45) is 5.92 Å². The first kappa shape index (κ1) is 12.9. The molecule has 1 N–H and O–H groups in total. The van der Waals surface area contributed by atoms with Crippen molar-refractivity contribution in [1.29, 1.82) is 0 Å². The van der Waals surface area contributed by atoms with Crippen LogP contribution in [0.3, 0.4) is 0 Å². The van der Waals surface area contributed by atoms with Crippen LogP contribution in [0.2, 0.25) is 0 Å². The van der Waals surface area contributed by atoms with E-state index in [1.54, 1.807) is 0 Å². The Morgan fingerprint density at radius 2 is 2.20 bits per heavy atom. The molecule has 1 rings (SSSR count). The minimum Gasteiger partial charge on any atom is -0.317 e. The molecule has 86 valence electrons. The number of nitrogens with one attached hydrogen (secondary N) is 1. The third kappa shape index (κ3) is 3.39. The van der Waals surface area contributed by atoms with Crippen LogP contribution < -0.4 is 5.32 Å². The second-order valence-electron chi connectivity index (χ2n) is 4.34. The molecule has 2 atom stereocenters. The van der Waals surface area contributed by atoms with Crippen LogP contribution in [-0.4, -0.2) is 13.1 Å². The van der Waals surface area contributed by atoms with Gasteiger partial charge in [-0.25, -0.2) is 0 Å². The Morgan fingerprint density at radius 3 is 2.80 bits per heavy atom. The lowest BCUT2D eigenvalue weighted by molar-refractivity contribution is 0.428. The highest BCUT2D eigenvalue weighted by Gasteiger charge is 2.22. The Morgan fingerprint density at radius 1 is 1.47 bits per heavy atom. The number of hydrogen-bond donors (Lipinski definition) is 2. The second-order valence-corrected chi connectivity index (χ2v) is 4.82. The van der Waals surface area contributed by atoms with Gasteiger partial charge in [0.15, 0.2) is 0 Å². The number of hydrogen-bond acceptors (Lipinski definition) is 2. The fraction of sp³-hybridized carbons (Fsp3) is 0.692. The van der Waals surface area contributed by atoms with E-state index in [0.29, 0.717) is 12.0 Å². The van der Waals surface area contributed by atoms with Gasteiger partial charge in [-0.2, -0.15) is 0 Å². The van der Waals surface area contributed by atoms with Gasteiger partial charge < -0.3 is 5.32 Å². The molecule has 0 aliphatic heterocycles. The molecule has 0 saturated carbocycles. The highest BCUT2D eigenvalue weighted by molar-refractivity contribution is 7.84. The molecule has 0 radical (unpaired) electrons. The van der Waals surface area contributed by atoms with Crippen LogP contribution >= 0.6 is 12.6 Å². The van der Waals surface area contributed by atoms with E-state index in [-0.39, 0.29) is 0 Å². The van der Waals surface area contributed by atoms with Gasteiger partial charge in [-0.15, -0.1) is 12.6 Å². The topological polar surface area (TPSA) is 12.0 Å². The summed E-state index contributed by atoms with van der Waals surface area (Å²) in [6.45, 7) is 4.33. The molecule has 15 heavy (non-hydrogen) atoms. The maximum Gasteiger partial charge on any atom is 0.0109 e. The number of rotatable bonds is 3. The third-order valence-corrected chi connectivity index (χ3v) is 3.94. The molecule has 0 aromatic rings. The van der Waals surface area contributed by atoms with Crippen molar-refractivity contribution in [3.63, 3.8) is 0 Å². The summed E-state index contributed by atoms with van der Waals surface area (Å²) in [4.78, 5) is 1.30. The number of allylic oxidation sites excluding steroid dienone is 3. The molecular weight excluding hydrogens is 202 g/mol. The van der Waals surface area contributed by atoms with Crippen LogP contribution in [0.15, 0.2) is 22.6 Å². The van der Waals surface area contributed by atoms with Gasteiger partial charge in [0.2, 0.25) is 0 Å². The van der Waals surface area contributed by atoms with Gasteiger partial charge >= 0.3 is 0 Å². The molecule has 1 aliphatic carbocycles. The van der Waals surface area contributed by atoms with Gasteiger partial charge in [-0.05, 0) is 50.6 Å². The van der Waals surface area contributed by atoms with Gasteiger partial charge in [0, 0.05) is 12.0 Å². The van der Waals surface area contributed by atoms with Crippen LogP contribution in [-0.2, 0) is 0 Å². The molecule has 2 heteroatoms. The number of thiol groups is 1. The summed E-state index contributed by atoms with van der Waals surface area (Å²) in [5.74, 6) is 0.590. The van der Waals surface area contributed by atoms with Gasteiger partial charge in [0.1, 0.15) is 0 Å². The van der Waals surface area contributed by atoms with Crippen LogP contribution in [0.5, 0.6) is 0 Å². The Hall–Kier alpha value is -0.210. The second kappa shape index (κ2) is 6.39. The predicted molar refractivity (Wildman–Crippen MR) is 71.3 cm³/mol. The molecule has 0 fully saturated rings. The normalized spacial score (nSPS) is 25.7. The quantitative estimate of drug-likeness (QED) is 0.700. The standard InChI is InChI=1S/C13H23NS/c1-4-7-11-8-5-6-9-12(13(11)15)10(2)14-3/h4,7,10,12,14-15H,5-6,8-9H2,1-3H3/b7-4-/t10-,12+/m0/s1. The molecular formula is C13H23NS. The molecule has 0 spiro atoms. The highest BCUT2D eigenvalue weighted by atomic mass is 32.1. The van der Waals surface area contributed by atoms with E-state index in [4.69, 9.17) is 12.6 Å². The first-order valence-corrected chi connectivity index (χ1v) is 6.37. The Kier molecular flexibility index (Phi) is 5.48. The van der Waals surface area contributed by atoms with Crippen LogP contribution in [0.4, 0.5) is 0 Å². The lowest BCUT2D eigenvalue weighted by Crippen LogP contribution is -2.30. The minimum atomic E-state index is 0.524. The van der Waals surface area contributed by atoms with E-state index in [9.17, 15) is 0 Å². The van der Waals surface area contributed by atoms with Crippen molar-refractivity contribution in [3.8, 4) is 0 Å². The van der Waals surface area contributed by atoms with Crippen molar-refractivity contribution >= 4 is 12.6 Å². The summed E-state index contributed by atoms with van der Waals surface area (Å²) in [6, 6.07) is 0.524. The monoisotopic (exact) mass is 225 g/mol. The van der Waals surface area contributed by atoms with Crippen molar-refractivity contribution in [1.82, 2.24) is 5.32 Å². The predicted octanol–water partition coefficient (Wildman–Crippen LogP) is 3.54. The first-order valence-electron chi connectivity index (χ1n) is 5.92. The molecule has 0 unspecified atom stereocenters. The molecule has 0 heterocycles. The average molecular weight is 225 g/mol. The minimum absolute atomic E-state index is 0.524. The maximum atomic E-state index is 4.74. The van der Waals surface area contributed by atoms with Crippen molar-refractivity contribution in [3.05, 3.63) is 22.6 Å². The van der Waals surface area contributed by atoms with E-state index >= 15 is 0 Å². The fourth-order valence-electron chi connectivity index (χ4n) is 2.24. The van der Waals surface area contributed by atoms with Crippen molar-refractivity contribution in [2.45, 2.75) is 45.6 Å². The summed E-state index contributed by atoms with van der Waals surface area (Å²) in [5, 5.41) is 3.35. The summed E-state index contributed by atoms with van der Waals surface area (Å²) in [7, 11) is 2.03. The van der Waals surface area contributed by atoms with E-state index < -0.39 is 0 Å². The molecule has 1 nitrogen and oxygen atoms in total. The van der Waals surface area contributed by atoms with E-state index in [0.717, 1.165) is 0 Å². The SMILES string of the molecule is C/C=C\C1=C(S)[C@@H]([C@H](C)NC)CCCC1. The Bertz CT molecular complexity index is 255. The fourth-order valence-corrected chi connectivity index (χ4v) is 2.78. The van der Waals surface area contributed by atoms with Gasteiger partial charge in [0.05, 0.1) is 0 Å². The zero-order chi connectivity index (χ0) is 11.3.